The van der Waals surface area contributed by atoms with Crippen molar-refractivity contribution in [2.45, 2.75) is 45.2 Å². The SMILES string of the molecule is COc1c(C)ccc(NC(=O)C2CC3CCC2N3)c1C. The van der Waals surface area contributed by atoms with Crippen molar-refractivity contribution in [1.82, 2.24) is 5.32 Å². The number of hydrogen-bond acceptors (Lipinski definition) is 3. The maximum absolute atomic E-state index is 12.4. The molecule has 4 heteroatoms. The second-order valence-corrected chi connectivity index (χ2v) is 5.97. The molecule has 2 N–H and O–H groups in total. The lowest BCUT2D eigenvalue weighted by Crippen LogP contribution is -2.33. The van der Waals surface area contributed by atoms with Crippen LogP contribution in [-0.2, 0) is 4.79 Å². The van der Waals surface area contributed by atoms with Gasteiger partial charge >= 0.3 is 0 Å². The molecule has 2 saturated heterocycles. The Kier molecular flexibility index (Phi) is 3.42. The monoisotopic (exact) mass is 274 g/mol. The fourth-order valence-electron chi connectivity index (χ4n) is 3.62. The van der Waals surface area contributed by atoms with Crippen LogP contribution in [0.2, 0.25) is 0 Å². The van der Waals surface area contributed by atoms with Crippen molar-refractivity contribution in [3.8, 4) is 5.75 Å². The van der Waals surface area contributed by atoms with Crippen LogP contribution in [0.3, 0.4) is 0 Å². The molecule has 4 nitrogen and oxygen atoms in total. The third kappa shape index (κ3) is 2.18. The van der Waals surface area contributed by atoms with E-state index in [-0.39, 0.29) is 11.8 Å². The molecule has 0 spiro atoms. The van der Waals surface area contributed by atoms with Gasteiger partial charge in [-0.15, -0.1) is 0 Å². The number of anilines is 1. The van der Waals surface area contributed by atoms with Crippen LogP contribution >= 0.6 is 0 Å². The zero-order valence-corrected chi connectivity index (χ0v) is 12.3. The van der Waals surface area contributed by atoms with E-state index in [9.17, 15) is 4.79 Å². The molecule has 2 heterocycles. The Morgan fingerprint density at radius 2 is 2.15 bits per heavy atom. The normalized spacial score (nSPS) is 27.6. The Bertz CT molecular complexity index is 542. The quantitative estimate of drug-likeness (QED) is 0.890. The summed E-state index contributed by atoms with van der Waals surface area (Å²) in [5.74, 6) is 1.10. The molecule has 2 fully saturated rings. The van der Waals surface area contributed by atoms with Gasteiger partial charge in [-0.2, -0.15) is 0 Å². The summed E-state index contributed by atoms with van der Waals surface area (Å²) in [6.45, 7) is 4.00. The van der Waals surface area contributed by atoms with Gasteiger partial charge in [0.1, 0.15) is 5.75 Å². The first-order valence-electron chi connectivity index (χ1n) is 7.31. The van der Waals surface area contributed by atoms with Gasteiger partial charge in [0, 0.05) is 23.3 Å². The summed E-state index contributed by atoms with van der Waals surface area (Å²) < 4.78 is 5.41. The first kappa shape index (κ1) is 13.4. The number of methoxy groups -OCH3 is 1. The highest BCUT2D eigenvalue weighted by Crippen LogP contribution is 2.35. The lowest BCUT2D eigenvalue weighted by atomic mass is 9.88. The number of amides is 1. The number of aryl methyl sites for hydroxylation is 1. The highest BCUT2D eigenvalue weighted by atomic mass is 16.5. The molecular formula is C16H22N2O2. The van der Waals surface area contributed by atoms with Crippen LogP contribution in [0.5, 0.6) is 5.75 Å². The van der Waals surface area contributed by atoms with Crippen molar-refractivity contribution >= 4 is 11.6 Å². The van der Waals surface area contributed by atoms with E-state index in [0.29, 0.717) is 12.1 Å². The average molecular weight is 274 g/mol. The topological polar surface area (TPSA) is 50.4 Å². The number of benzene rings is 1. The van der Waals surface area contributed by atoms with Crippen molar-refractivity contribution in [3.05, 3.63) is 23.3 Å². The minimum atomic E-state index is 0.112. The third-order valence-electron chi connectivity index (χ3n) is 4.70. The van der Waals surface area contributed by atoms with Crippen molar-refractivity contribution in [2.24, 2.45) is 5.92 Å². The molecule has 3 rings (SSSR count). The summed E-state index contributed by atoms with van der Waals surface area (Å²) in [4.78, 5) is 12.4. The van der Waals surface area contributed by atoms with Gasteiger partial charge < -0.3 is 15.4 Å². The summed E-state index contributed by atoms with van der Waals surface area (Å²) in [5.41, 5.74) is 2.95. The zero-order valence-electron chi connectivity index (χ0n) is 12.3. The Morgan fingerprint density at radius 1 is 1.35 bits per heavy atom. The van der Waals surface area contributed by atoms with E-state index in [1.807, 2.05) is 26.0 Å². The third-order valence-corrected chi connectivity index (χ3v) is 4.70. The Balaban J connectivity index is 1.76. The van der Waals surface area contributed by atoms with E-state index < -0.39 is 0 Å². The molecule has 1 aromatic rings. The van der Waals surface area contributed by atoms with E-state index >= 15 is 0 Å². The standard InChI is InChI=1S/C16H22N2O2/c1-9-4-6-13(10(2)15(9)20-3)18-16(19)12-8-11-5-7-14(12)17-11/h4,6,11-12,14,17H,5,7-8H2,1-3H3,(H,18,19). The second kappa shape index (κ2) is 5.09. The first-order chi connectivity index (χ1) is 9.60. The lowest BCUT2D eigenvalue weighted by Gasteiger charge is -2.21. The molecule has 3 unspecified atom stereocenters. The van der Waals surface area contributed by atoms with Crippen molar-refractivity contribution in [1.29, 1.82) is 0 Å². The van der Waals surface area contributed by atoms with E-state index in [1.54, 1.807) is 7.11 Å². The maximum atomic E-state index is 12.4. The van der Waals surface area contributed by atoms with Gasteiger partial charge in [-0.3, -0.25) is 4.79 Å². The van der Waals surface area contributed by atoms with E-state index in [4.69, 9.17) is 4.74 Å². The van der Waals surface area contributed by atoms with Gasteiger partial charge in [0.25, 0.3) is 0 Å². The minimum absolute atomic E-state index is 0.112. The average Bonchev–Trinajstić information content (AvgIpc) is 3.05. The van der Waals surface area contributed by atoms with E-state index in [0.717, 1.165) is 35.4 Å². The van der Waals surface area contributed by atoms with Gasteiger partial charge in [0.2, 0.25) is 5.91 Å². The molecule has 1 aromatic carbocycles. The number of carbonyl (C=O) groups excluding carboxylic acids is 1. The van der Waals surface area contributed by atoms with Crippen molar-refractivity contribution in [3.63, 3.8) is 0 Å². The number of fused-ring (bicyclic) bond motifs is 2. The molecule has 2 aliphatic rings. The molecular weight excluding hydrogens is 252 g/mol. The van der Waals surface area contributed by atoms with E-state index in [1.165, 1.54) is 6.42 Å². The second-order valence-electron chi connectivity index (χ2n) is 5.97. The highest BCUT2D eigenvalue weighted by Gasteiger charge is 2.42. The Morgan fingerprint density at radius 3 is 2.75 bits per heavy atom. The van der Waals surface area contributed by atoms with Crippen LogP contribution in [0.4, 0.5) is 5.69 Å². The summed E-state index contributed by atoms with van der Waals surface area (Å²) in [6, 6.07) is 4.86. The molecule has 0 radical (unpaired) electrons. The number of rotatable bonds is 3. The van der Waals surface area contributed by atoms with Crippen LogP contribution in [-0.4, -0.2) is 25.1 Å². The largest absolute Gasteiger partial charge is 0.496 e. The predicted molar refractivity (Wildman–Crippen MR) is 79.2 cm³/mol. The Labute approximate surface area is 119 Å². The predicted octanol–water partition coefficient (Wildman–Crippen LogP) is 2.39. The smallest absolute Gasteiger partial charge is 0.229 e. The van der Waals surface area contributed by atoms with Crippen LogP contribution < -0.4 is 15.4 Å². The van der Waals surface area contributed by atoms with Gasteiger partial charge in [-0.1, -0.05) is 6.07 Å². The highest BCUT2D eigenvalue weighted by molar-refractivity contribution is 5.94. The van der Waals surface area contributed by atoms with Crippen LogP contribution in [0.1, 0.15) is 30.4 Å². The summed E-state index contributed by atoms with van der Waals surface area (Å²) in [6.07, 6.45) is 3.31. The molecule has 3 atom stereocenters. The molecule has 2 aliphatic heterocycles. The molecule has 2 bridgehead atoms. The number of carbonyl (C=O) groups is 1. The number of ether oxygens (including phenoxy) is 1. The molecule has 1 amide bonds. The Hall–Kier alpha value is -1.55. The molecule has 0 aliphatic carbocycles. The van der Waals surface area contributed by atoms with Gasteiger partial charge in [-0.25, -0.2) is 0 Å². The van der Waals surface area contributed by atoms with E-state index in [2.05, 4.69) is 10.6 Å². The summed E-state index contributed by atoms with van der Waals surface area (Å²) in [5, 5.41) is 6.59. The lowest BCUT2D eigenvalue weighted by molar-refractivity contribution is -0.120. The van der Waals surface area contributed by atoms with Crippen LogP contribution in [0.15, 0.2) is 12.1 Å². The van der Waals surface area contributed by atoms with Crippen molar-refractivity contribution in [2.75, 3.05) is 12.4 Å². The van der Waals surface area contributed by atoms with Gasteiger partial charge in [-0.05, 0) is 44.7 Å². The van der Waals surface area contributed by atoms with Crippen LogP contribution in [0.25, 0.3) is 0 Å². The first-order valence-corrected chi connectivity index (χ1v) is 7.31. The number of hydrogen-bond donors (Lipinski definition) is 2. The number of nitrogens with one attached hydrogen (secondary N) is 2. The molecule has 0 saturated carbocycles. The summed E-state index contributed by atoms with van der Waals surface area (Å²) in [7, 11) is 1.67. The zero-order chi connectivity index (χ0) is 14.3. The summed E-state index contributed by atoms with van der Waals surface area (Å²) >= 11 is 0. The van der Waals surface area contributed by atoms with Crippen molar-refractivity contribution < 1.29 is 9.53 Å². The molecule has 20 heavy (non-hydrogen) atoms. The molecule has 0 aromatic heterocycles. The minimum Gasteiger partial charge on any atom is -0.496 e. The van der Waals surface area contributed by atoms with Gasteiger partial charge in [0.15, 0.2) is 0 Å². The maximum Gasteiger partial charge on any atom is 0.229 e. The molecule has 108 valence electrons. The van der Waals surface area contributed by atoms with Crippen LogP contribution in [0, 0.1) is 19.8 Å². The fraction of sp³-hybridized carbons (Fsp3) is 0.562. The van der Waals surface area contributed by atoms with Gasteiger partial charge in [0.05, 0.1) is 13.0 Å². The fourth-order valence-corrected chi connectivity index (χ4v) is 3.62.